The number of carbonyl (C=O) groups is 1. The van der Waals surface area contributed by atoms with Crippen LogP contribution in [-0.2, 0) is 9.53 Å². The molecule has 1 aromatic rings. The third-order valence-corrected chi connectivity index (χ3v) is 3.27. The first-order valence-corrected chi connectivity index (χ1v) is 6.81. The highest BCUT2D eigenvalue weighted by molar-refractivity contribution is 5.96. The van der Waals surface area contributed by atoms with Crippen molar-refractivity contribution in [2.45, 2.75) is 38.7 Å². The lowest BCUT2D eigenvalue weighted by Gasteiger charge is -2.25. The molecule has 0 aromatic heterocycles. The molecule has 1 unspecified atom stereocenters. The number of rotatable bonds is 5. The Morgan fingerprint density at radius 2 is 2.17 bits per heavy atom. The average Bonchev–Trinajstić information content (AvgIpc) is 2.94. The molecule has 1 atom stereocenters. The average molecular weight is 247 g/mol. The van der Waals surface area contributed by atoms with Gasteiger partial charge in [-0.2, -0.15) is 0 Å². The van der Waals surface area contributed by atoms with Gasteiger partial charge >= 0.3 is 0 Å². The zero-order valence-corrected chi connectivity index (χ0v) is 11.0. The van der Waals surface area contributed by atoms with Crippen molar-refractivity contribution in [3.8, 4) is 0 Å². The zero-order valence-electron chi connectivity index (χ0n) is 11.0. The van der Waals surface area contributed by atoms with Gasteiger partial charge < -0.3 is 9.64 Å². The van der Waals surface area contributed by atoms with E-state index in [9.17, 15) is 4.79 Å². The molecule has 0 aliphatic carbocycles. The van der Waals surface area contributed by atoms with E-state index in [-0.39, 0.29) is 12.0 Å². The van der Waals surface area contributed by atoms with E-state index in [1.165, 1.54) is 0 Å². The Labute approximate surface area is 109 Å². The third-order valence-electron chi connectivity index (χ3n) is 3.27. The number of ether oxygens (including phenoxy) is 1. The molecule has 1 aromatic carbocycles. The van der Waals surface area contributed by atoms with Gasteiger partial charge in [0.1, 0.15) is 6.10 Å². The number of hydrogen-bond acceptors (Lipinski definition) is 2. The van der Waals surface area contributed by atoms with Gasteiger partial charge in [0.05, 0.1) is 0 Å². The Morgan fingerprint density at radius 1 is 1.39 bits per heavy atom. The highest BCUT2D eigenvalue weighted by Gasteiger charge is 2.28. The Kier molecular flexibility index (Phi) is 4.76. The van der Waals surface area contributed by atoms with Gasteiger partial charge in [0.15, 0.2) is 0 Å². The maximum Gasteiger partial charge on any atom is 0.256 e. The molecule has 1 amide bonds. The summed E-state index contributed by atoms with van der Waals surface area (Å²) in [6.07, 6.45) is 3.72. The van der Waals surface area contributed by atoms with Crippen LogP contribution in [0.15, 0.2) is 30.3 Å². The number of anilines is 1. The Bertz CT molecular complexity index is 371. The smallest absolute Gasteiger partial charge is 0.256 e. The highest BCUT2D eigenvalue weighted by Crippen LogP contribution is 2.20. The summed E-state index contributed by atoms with van der Waals surface area (Å²) in [5.74, 6) is 0.118. The van der Waals surface area contributed by atoms with E-state index < -0.39 is 0 Å². The minimum atomic E-state index is -0.234. The van der Waals surface area contributed by atoms with Gasteiger partial charge in [-0.3, -0.25) is 4.79 Å². The largest absolute Gasteiger partial charge is 0.368 e. The lowest BCUT2D eigenvalue weighted by molar-refractivity contribution is -0.127. The molecule has 2 rings (SSSR count). The Balaban J connectivity index is 2.11. The number of unbranched alkanes of at least 4 members (excludes halogenated alkanes) is 1. The summed E-state index contributed by atoms with van der Waals surface area (Å²) in [6, 6.07) is 9.89. The molecule has 3 heteroatoms. The van der Waals surface area contributed by atoms with Crippen molar-refractivity contribution >= 4 is 11.6 Å². The molecule has 1 saturated heterocycles. The first kappa shape index (κ1) is 13.1. The van der Waals surface area contributed by atoms with E-state index in [0.29, 0.717) is 6.61 Å². The second-order valence-corrected chi connectivity index (χ2v) is 4.68. The van der Waals surface area contributed by atoms with Crippen molar-refractivity contribution in [2.75, 3.05) is 18.1 Å². The van der Waals surface area contributed by atoms with Crippen LogP contribution < -0.4 is 4.90 Å². The van der Waals surface area contributed by atoms with Crippen molar-refractivity contribution < 1.29 is 9.53 Å². The molecule has 0 spiro atoms. The van der Waals surface area contributed by atoms with Crippen molar-refractivity contribution in [1.82, 2.24) is 0 Å². The number of amides is 1. The van der Waals surface area contributed by atoms with Gasteiger partial charge in [-0.05, 0) is 31.4 Å². The lowest BCUT2D eigenvalue weighted by atomic mass is 10.2. The van der Waals surface area contributed by atoms with Crippen LogP contribution in [0.25, 0.3) is 0 Å². The maximum absolute atomic E-state index is 12.5. The number of para-hydroxylation sites is 1. The fourth-order valence-corrected chi connectivity index (χ4v) is 2.24. The van der Waals surface area contributed by atoms with E-state index >= 15 is 0 Å². The molecular formula is C15H21NO2. The molecule has 0 saturated carbocycles. The van der Waals surface area contributed by atoms with Gasteiger partial charge in [-0.1, -0.05) is 31.5 Å². The molecule has 18 heavy (non-hydrogen) atoms. The molecule has 1 heterocycles. The monoisotopic (exact) mass is 247 g/mol. The van der Waals surface area contributed by atoms with E-state index in [4.69, 9.17) is 4.74 Å². The van der Waals surface area contributed by atoms with Crippen molar-refractivity contribution in [3.05, 3.63) is 30.3 Å². The molecule has 0 bridgehead atoms. The summed E-state index contributed by atoms with van der Waals surface area (Å²) in [6.45, 7) is 3.63. The quantitative estimate of drug-likeness (QED) is 0.800. The Morgan fingerprint density at radius 3 is 2.78 bits per heavy atom. The molecule has 1 aliphatic rings. The molecule has 1 aliphatic heterocycles. The van der Waals surface area contributed by atoms with Crippen molar-refractivity contribution in [3.63, 3.8) is 0 Å². The van der Waals surface area contributed by atoms with E-state index in [1.54, 1.807) is 0 Å². The fourth-order valence-electron chi connectivity index (χ4n) is 2.24. The van der Waals surface area contributed by atoms with Gasteiger partial charge in [0.2, 0.25) is 0 Å². The second kappa shape index (κ2) is 6.55. The minimum Gasteiger partial charge on any atom is -0.368 e. The van der Waals surface area contributed by atoms with E-state index in [2.05, 4.69) is 6.92 Å². The van der Waals surface area contributed by atoms with Crippen LogP contribution >= 0.6 is 0 Å². The zero-order chi connectivity index (χ0) is 12.8. The first-order chi connectivity index (χ1) is 8.83. The van der Waals surface area contributed by atoms with Crippen LogP contribution in [0.1, 0.15) is 32.6 Å². The van der Waals surface area contributed by atoms with Crippen molar-refractivity contribution in [1.29, 1.82) is 0 Å². The Hall–Kier alpha value is -1.35. The summed E-state index contributed by atoms with van der Waals surface area (Å²) in [4.78, 5) is 14.3. The molecule has 98 valence electrons. The summed E-state index contributed by atoms with van der Waals surface area (Å²) >= 11 is 0. The fraction of sp³-hybridized carbons (Fsp3) is 0.533. The molecule has 0 radical (unpaired) electrons. The third kappa shape index (κ3) is 3.10. The summed E-state index contributed by atoms with van der Waals surface area (Å²) < 4.78 is 5.51. The SMILES string of the molecule is CCCCN(C(=O)C1CCCO1)c1ccccc1. The van der Waals surface area contributed by atoms with Crippen LogP contribution in [0.5, 0.6) is 0 Å². The topological polar surface area (TPSA) is 29.5 Å². The van der Waals surface area contributed by atoms with E-state index in [0.717, 1.165) is 37.9 Å². The predicted octanol–water partition coefficient (Wildman–Crippen LogP) is 3.00. The van der Waals surface area contributed by atoms with Gasteiger partial charge in [0.25, 0.3) is 5.91 Å². The van der Waals surface area contributed by atoms with Gasteiger partial charge in [-0.15, -0.1) is 0 Å². The van der Waals surface area contributed by atoms with Crippen LogP contribution in [0.4, 0.5) is 5.69 Å². The van der Waals surface area contributed by atoms with Gasteiger partial charge in [-0.25, -0.2) is 0 Å². The number of benzene rings is 1. The number of nitrogens with zero attached hydrogens (tertiary/aromatic N) is 1. The van der Waals surface area contributed by atoms with Crippen LogP contribution in [-0.4, -0.2) is 25.2 Å². The standard InChI is InChI=1S/C15H21NO2/c1-2-3-11-16(13-8-5-4-6-9-13)15(17)14-10-7-12-18-14/h4-6,8-9,14H,2-3,7,10-12H2,1H3. The van der Waals surface area contributed by atoms with E-state index in [1.807, 2.05) is 35.2 Å². The predicted molar refractivity (Wildman–Crippen MR) is 72.7 cm³/mol. The molecule has 1 fully saturated rings. The van der Waals surface area contributed by atoms with Crippen molar-refractivity contribution in [2.24, 2.45) is 0 Å². The van der Waals surface area contributed by atoms with Crippen LogP contribution in [0, 0.1) is 0 Å². The second-order valence-electron chi connectivity index (χ2n) is 4.68. The lowest BCUT2D eigenvalue weighted by Crippen LogP contribution is -2.39. The first-order valence-electron chi connectivity index (χ1n) is 6.81. The molecule has 3 nitrogen and oxygen atoms in total. The van der Waals surface area contributed by atoms with Gasteiger partial charge in [0, 0.05) is 18.8 Å². The number of carbonyl (C=O) groups excluding carboxylic acids is 1. The molecule has 0 N–H and O–H groups in total. The summed E-state index contributed by atoms with van der Waals surface area (Å²) in [7, 11) is 0. The minimum absolute atomic E-state index is 0.118. The normalized spacial score (nSPS) is 18.8. The number of hydrogen-bond donors (Lipinski definition) is 0. The maximum atomic E-state index is 12.5. The molecular weight excluding hydrogens is 226 g/mol. The summed E-state index contributed by atoms with van der Waals surface area (Å²) in [5.41, 5.74) is 0.978. The highest BCUT2D eigenvalue weighted by atomic mass is 16.5. The van der Waals surface area contributed by atoms with Crippen LogP contribution in [0.3, 0.4) is 0 Å². The van der Waals surface area contributed by atoms with Crippen LogP contribution in [0.2, 0.25) is 0 Å². The summed E-state index contributed by atoms with van der Waals surface area (Å²) in [5, 5.41) is 0.